The minimum absolute atomic E-state index is 0.194. The van der Waals surface area contributed by atoms with Crippen LogP contribution < -0.4 is 0 Å². The van der Waals surface area contributed by atoms with Crippen LogP contribution in [0.15, 0.2) is 0 Å². The van der Waals surface area contributed by atoms with Crippen molar-refractivity contribution in [3.05, 3.63) is 0 Å². The summed E-state index contributed by atoms with van der Waals surface area (Å²) in [7, 11) is 0. The number of hydrogen-bond donors (Lipinski definition) is 1. The maximum absolute atomic E-state index is 7.57. The molecule has 0 heterocycles. The average Bonchev–Trinajstić information content (AvgIpc) is 3.28. The van der Waals surface area contributed by atoms with Crippen LogP contribution in [0.1, 0.15) is 6.92 Å². The Balaban J connectivity index is -0.0000000151. The van der Waals surface area contributed by atoms with Gasteiger partial charge in [0.15, 0.2) is 0 Å². The Morgan fingerprint density at radius 3 is 0.120 bits per heavy atom. The van der Waals surface area contributed by atoms with Gasteiger partial charge in [-0.3, -0.25) is 0 Å². The molecule has 0 aromatic heterocycles. The van der Waals surface area contributed by atoms with E-state index in [1.165, 1.54) is 0 Å². The SMILES string of the molecule is CCO.ClCCl.ClCCl.ClCCl.ClCCl.ClCCl.ClCCl.ClCCl.ClCCl.ClCCl.ClCCl.ClCCl.ClCCl.ClCCl.ClCCl.ClCCl.ClCCl.ClCCl.ClCCl.ClCCl.ClCCl.ClCCl.ClCCl.ClCCl.ClCCl. The normalized spacial score (nSPS) is 6.00. The van der Waals surface area contributed by atoms with Crippen LogP contribution >= 0.6 is 557 Å². The van der Waals surface area contributed by atoms with Crippen LogP contribution in [0.2, 0.25) is 0 Å². The summed E-state index contributed by atoms with van der Waals surface area (Å²) in [6.45, 7) is 1.93. The van der Waals surface area contributed by atoms with Crippen LogP contribution in [-0.4, -0.2) is 140 Å². The molecule has 49 heteroatoms. The minimum Gasteiger partial charge on any atom is -0.397 e. The van der Waals surface area contributed by atoms with Crippen molar-refractivity contribution >= 4 is 557 Å². The van der Waals surface area contributed by atoms with Gasteiger partial charge in [-0.15, -0.1) is 557 Å². The Bertz CT molecular complexity index is 193. The smallest absolute Gasteiger partial charge is 0.0967 e. The highest BCUT2D eigenvalue weighted by atomic mass is 35.6. The predicted molar refractivity (Wildman–Crippen MR) is 411 cm³/mol. The van der Waals surface area contributed by atoms with Crippen molar-refractivity contribution in [1.29, 1.82) is 0 Å². The van der Waals surface area contributed by atoms with Gasteiger partial charge in [0.2, 0.25) is 0 Å². The molecule has 75 heavy (non-hydrogen) atoms. The molecule has 0 amide bonds. The lowest BCUT2D eigenvalue weighted by atomic mass is 10.9. The van der Waals surface area contributed by atoms with Crippen LogP contribution in [-0.2, 0) is 0 Å². The fourth-order valence-electron chi connectivity index (χ4n) is 0. The van der Waals surface area contributed by atoms with Crippen molar-refractivity contribution in [1.82, 2.24) is 0 Å². The van der Waals surface area contributed by atoms with E-state index in [1.807, 2.05) is 0 Å². The van der Waals surface area contributed by atoms with Crippen molar-refractivity contribution in [2.75, 3.05) is 135 Å². The third-order valence-corrected chi connectivity index (χ3v) is 0. The fraction of sp³-hybridized carbons (Fsp3) is 1.00. The fourth-order valence-corrected chi connectivity index (χ4v) is 0. The Morgan fingerprint density at radius 1 is 0.120 bits per heavy atom. The Labute approximate surface area is 691 Å². The number of rotatable bonds is 0. The topological polar surface area (TPSA) is 20.2 Å². The molecule has 0 radical (unpaired) electrons. The molecule has 0 aliphatic carbocycles. The van der Waals surface area contributed by atoms with Gasteiger partial charge in [-0.25, -0.2) is 0 Å². The Hall–Kier alpha value is 13.9. The van der Waals surface area contributed by atoms with Crippen LogP contribution in [0, 0.1) is 0 Å². The first-order valence-electron chi connectivity index (χ1n) is 13.9. The lowest BCUT2D eigenvalue weighted by Crippen LogP contribution is -1.57. The second kappa shape index (κ2) is 439. The van der Waals surface area contributed by atoms with Gasteiger partial charge in [0.25, 0.3) is 0 Å². The molecule has 0 aliphatic heterocycles. The van der Waals surface area contributed by atoms with E-state index >= 15 is 0 Å². The molecule has 1 N–H and O–H groups in total. The first kappa shape index (κ1) is 168. The van der Waals surface area contributed by atoms with Gasteiger partial charge in [-0.05, 0) is 6.92 Å². The third kappa shape index (κ3) is 3360. The summed E-state index contributed by atoms with van der Waals surface area (Å²) < 4.78 is 0. The first-order chi connectivity index (χ1) is 35.4. The first-order valence-corrected chi connectivity index (χ1v) is 39.5. The summed E-state index contributed by atoms with van der Waals surface area (Å²) in [5.74, 6) is 0. The molecule has 0 saturated heterocycles. The standard InChI is InChI=1S/C2H6O.24CH2Cl2/c1-2-3;24*2-1-3/h3H,2H2,1H3;24*1H2. The summed E-state index contributed by atoms with van der Waals surface area (Å²) in [5, 5.41) is 12.2. The third-order valence-electron chi connectivity index (χ3n) is 0. The van der Waals surface area contributed by atoms with Crippen molar-refractivity contribution < 1.29 is 5.11 Å². The summed E-state index contributed by atoms with van der Waals surface area (Å²) in [5.41, 5.74) is 0. The van der Waals surface area contributed by atoms with Gasteiger partial charge in [-0.2, -0.15) is 0 Å². The minimum atomic E-state index is 0.194. The highest BCUT2D eigenvalue weighted by Crippen LogP contribution is 1.80. The molecule has 500 valence electrons. The van der Waals surface area contributed by atoms with E-state index in [-0.39, 0.29) is 135 Å². The molecule has 0 aromatic carbocycles. The molecular weight excluding hydrogens is 2030 g/mol. The number of alkyl halides is 48. The lowest BCUT2D eigenvalue weighted by Gasteiger charge is -1.52. The summed E-state index contributed by atoms with van der Waals surface area (Å²) in [4.78, 5) is 0. The number of hydrogen-bond acceptors (Lipinski definition) is 1. The largest absolute Gasteiger partial charge is 0.397 e. The second-order valence-corrected chi connectivity index (χ2v) is 22.1. The quantitative estimate of drug-likeness (QED) is 0.240. The molecule has 0 atom stereocenters. The number of aliphatic hydroxyl groups excluding tert-OH is 1. The lowest BCUT2D eigenvalue weighted by molar-refractivity contribution is 0.318. The van der Waals surface area contributed by atoms with Crippen molar-refractivity contribution in [3.63, 3.8) is 0 Å². The van der Waals surface area contributed by atoms with Gasteiger partial charge in [0.05, 0.1) is 128 Å². The van der Waals surface area contributed by atoms with Gasteiger partial charge >= 0.3 is 0 Å². The number of aliphatic hydroxyl groups is 1. The molecule has 0 rings (SSSR count). The maximum atomic E-state index is 7.57. The molecule has 0 aromatic rings. The maximum Gasteiger partial charge on any atom is 0.0967 e. The van der Waals surface area contributed by atoms with Gasteiger partial charge in [-0.1, -0.05) is 0 Å². The zero-order chi connectivity index (χ0) is 67.7. The zero-order valence-corrected chi connectivity index (χ0v) is 73.6. The van der Waals surface area contributed by atoms with Gasteiger partial charge in [0.1, 0.15) is 0 Å². The summed E-state index contributed by atoms with van der Waals surface area (Å²) in [6, 6.07) is 0. The van der Waals surface area contributed by atoms with Crippen LogP contribution in [0.3, 0.4) is 0 Å². The van der Waals surface area contributed by atoms with E-state index in [0.29, 0.717) is 0 Å². The summed E-state index contributed by atoms with van der Waals surface area (Å²) in [6.07, 6.45) is 0. The molecule has 0 saturated carbocycles. The molecular formula is C26H54Cl48O. The van der Waals surface area contributed by atoms with E-state index in [4.69, 9.17) is 562 Å². The van der Waals surface area contributed by atoms with Crippen molar-refractivity contribution in [2.24, 2.45) is 0 Å². The van der Waals surface area contributed by atoms with Crippen molar-refractivity contribution in [3.8, 4) is 0 Å². The average molecular weight is 2080 g/mol. The second-order valence-electron chi connectivity index (χ2n) is 2.74. The number of halogens is 48. The van der Waals surface area contributed by atoms with E-state index < -0.39 is 0 Å². The van der Waals surface area contributed by atoms with E-state index in [9.17, 15) is 0 Å². The van der Waals surface area contributed by atoms with E-state index in [2.05, 4.69) is 0 Å². The Morgan fingerprint density at radius 2 is 0.120 bits per heavy atom. The Kier molecular flexibility index (Phi) is 984. The van der Waals surface area contributed by atoms with E-state index in [1.54, 1.807) is 6.92 Å². The predicted octanol–water partition coefficient (Wildman–Crippen LogP) is 34.1. The monoisotopic (exact) mass is 2060 g/mol. The molecule has 1 nitrogen and oxygen atoms in total. The highest BCUT2D eigenvalue weighted by Gasteiger charge is 1.48. The molecule has 0 fully saturated rings. The van der Waals surface area contributed by atoms with Crippen LogP contribution in [0.5, 0.6) is 0 Å². The highest BCUT2D eigenvalue weighted by molar-refractivity contribution is 6.47. The molecule has 0 spiro atoms. The van der Waals surface area contributed by atoms with Crippen molar-refractivity contribution in [2.45, 2.75) is 6.92 Å². The van der Waals surface area contributed by atoms with E-state index in [0.717, 1.165) is 0 Å². The zero-order valence-electron chi connectivity index (χ0n) is 37.3. The molecule has 0 bridgehead atoms. The van der Waals surface area contributed by atoms with Crippen LogP contribution in [0.4, 0.5) is 0 Å². The molecule has 0 aliphatic rings. The van der Waals surface area contributed by atoms with Crippen LogP contribution in [0.25, 0.3) is 0 Å². The summed E-state index contributed by atoms with van der Waals surface area (Å²) >= 11 is 229. The molecule has 0 unspecified atom stereocenters. The van der Waals surface area contributed by atoms with Gasteiger partial charge < -0.3 is 5.11 Å². The van der Waals surface area contributed by atoms with Gasteiger partial charge in [0, 0.05) is 6.61 Å².